The Balaban J connectivity index is 1.81. The van der Waals surface area contributed by atoms with Gasteiger partial charge in [0.15, 0.2) is 5.69 Å². The zero-order valence-corrected chi connectivity index (χ0v) is 11.3. The van der Waals surface area contributed by atoms with E-state index in [-0.39, 0.29) is 11.9 Å². The molecule has 1 aliphatic heterocycles. The molecule has 6 heteroatoms. The first-order valence-corrected chi connectivity index (χ1v) is 6.62. The molecule has 3 rings (SSSR count). The molecule has 0 bridgehead atoms. The van der Waals surface area contributed by atoms with Crippen molar-refractivity contribution in [2.75, 3.05) is 19.8 Å². The van der Waals surface area contributed by atoms with Crippen LogP contribution in [0, 0.1) is 0 Å². The topological polar surface area (TPSA) is 60.2 Å². The molecule has 0 radical (unpaired) electrons. The Morgan fingerprint density at radius 2 is 2.15 bits per heavy atom. The second-order valence-electron chi connectivity index (χ2n) is 4.81. The summed E-state index contributed by atoms with van der Waals surface area (Å²) >= 11 is 0. The molecule has 1 fully saturated rings. The number of carbonyl (C=O) groups excluding carboxylic acids is 1. The first-order valence-electron chi connectivity index (χ1n) is 6.62. The van der Waals surface area contributed by atoms with Gasteiger partial charge in [-0.15, -0.1) is 5.10 Å². The summed E-state index contributed by atoms with van der Waals surface area (Å²) in [6.45, 7) is 3.71. The van der Waals surface area contributed by atoms with Gasteiger partial charge in [-0.3, -0.25) is 4.79 Å². The molecule has 2 aromatic rings. The minimum atomic E-state index is -0.0945. The fourth-order valence-corrected chi connectivity index (χ4v) is 2.24. The lowest BCUT2D eigenvalue weighted by molar-refractivity contribution is 0.00326. The SMILES string of the molecule is C[C@@H]1COCCN1C(=O)c1cn(-c2ccccc2)nn1. The average Bonchev–Trinajstić information content (AvgIpc) is 2.98. The molecule has 1 saturated heterocycles. The van der Waals surface area contributed by atoms with Crippen molar-refractivity contribution in [2.45, 2.75) is 13.0 Å². The summed E-state index contributed by atoms with van der Waals surface area (Å²) in [5.41, 5.74) is 1.25. The number of nitrogens with zero attached hydrogens (tertiary/aromatic N) is 4. The van der Waals surface area contributed by atoms with E-state index < -0.39 is 0 Å². The maximum atomic E-state index is 12.4. The van der Waals surface area contributed by atoms with Crippen LogP contribution in [-0.2, 0) is 4.74 Å². The number of hydrogen-bond acceptors (Lipinski definition) is 4. The maximum absolute atomic E-state index is 12.4. The molecule has 0 N–H and O–H groups in total. The van der Waals surface area contributed by atoms with E-state index >= 15 is 0 Å². The molecule has 20 heavy (non-hydrogen) atoms. The first-order chi connectivity index (χ1) is 9.75. The third-order valence-electron chi connectivity index (χ3n) is 3.36. The summed E-state index contributed by atoms with van der Waals surface area (Å²) in [6.07, 6.45) is 1.67. The van der Waals surface area contributed by atoms with E-state index in [9.17, 15) is 4.79 Å². The van der Waals surface area contributed by atoms with Crippen LogP contribution in [0.5, 0.6) is 0 Å². The van der Waals surface area contributed by atoms with Crippen LogP contribution in [0.1, 0.15) is 17.4 Å². The largest absolute Gasteiger partial charge is 0.377 e. The van der Waals surface area contributed by atoms with Crippen molar-refractivity contribution in [3.8, 4) is 5.69 Å². The Kier molecular flexibility index (Phi) is 3.47. The first kappa shape index (κ1) is 12.8. The Labute approximate surface area is 117 Å². The van der Waals surface area contributed by atoms with E-state index in [1.807, 2.05) is 37.3 Å². The van der Waals surface area contributed by atoms with Crippen molar-refractivity contribution in [1.29, 1.82) is 0 Å². The van der Waals surface area contributed by atoms with Gasteiger partial charge in [-0.05, 0) is 19.1 Å². The van der Waals surface area contributed by atoms with Crippen molar-refractivity contribution in [3.63, 3.8) is 0 Å². The summed E-state index contributed by atoms with van der Waals surface area (Å²) < 4.78 is 6.95. The van der Waals surface area contributed by atoms with E-state index in [1.165, 1.54) is 0 Å². The van der Waals surface area contributed by atoms with Gasteiger partial charge in [0.2, 0.25) is 0 Å². The zero-order valence-electron chi connectivity index (χ0n) is 11.3. The second kappa shape index (κ2) is 5.42. The number of amides is 1. The lowest BCUT2D eigenvalue weighted by atomic mass is 10.2. The van der Waals surface area contributed by atoms with E-state index in [0.29, 0.717) is 25.5 Å². The average molecular weight is 272 g/mol. The van der Waals surface area contributed by atoms with Crippen molar-refractivity contribution >= 4 is 5.91 Å². The molecule has 0 unspecified atom stereocenters. The summed E-state index contributed by atoms with van der Waals surface area (Å²) in [4.78, 5) is 14.2. The minimum absolute atomic E-state index is 0.0677. The second-order valence-corrected chi connectivity index (χ2v) is 4.81. The highest BCUT2D eigenvalue weighted by Crippen LogP contribution is 2.12. The lowest BCUT2D eigenvalue weighted by Gasteiger charge is -2.32. The van der Waals surface area contributed by atoms with E-state index in [4.69, 9.17) is 4.74 Å². The van der Waals surface area contributed by atoms with Crippen molar-refractivity contribution in [1.82, 2.24) is 19.9 Å². The van der Waals surface area contributed by atoms with E-state index in [2.05, 4.69) is 10.3 Å². The number of rotatable bonds is 2. The third-order valence-corrected chi connectivity index (χ3v) is 3.36. The number of benzene rings is 1. The van der Waals surface area contributed by atoms with Crippen LogP contribution < -0.4 is 0 Å². The van der Waals surface area contributed by atoms with E-state index in [0.717, 1.165) is 5.69 Å². The molecule has 1 atom stereocenters. The van der Waals surface area contributed by atoms with Gasteiger partial charge < -0.3 is 9.64 Å². The molecule has 1 aromatic heterocycles. The van der Waals surface area contributed by atoms with Gasteiger partial charge in [0.25, 0.3) is 5.91 Å². The monoisotopic (exact) mass is 272 g/mol. The van der Waals surface area contributed by atoms with Crippen LogP contribution in [0.25, 0.3) is 5.69 Å². The maximum Gasteiger partial charge on any atom is 0.276 e. The lowest BCUT2D eigenvalue weighted by Crippen LogP contribution is -2.47. The minimum Gasteiger partial charge on any atom is -0.377 e. The summed E-state index contributed by atoms with van der Waals surface area (Å²) in [7, 11) is 0. The summed E-state index contributed by atoms with van der Waals surface area (Å²) in [5.74, 6) is -0.0945. The third kappa shape index (κ3) is 2.42. The van der Waals surface area contributed by atoms with Crippen LogP contribution in [-0.4, -0.2) is 51.6 Å². The van der Waals surface area contributed by atoms with Crippen LogP contribution in [0.3, 0.4) is 0 Å². The predicted molar refractivity (Wildman–Crippen MR) is 72.7 cm³/mol. The van der Waals surface area contributed by atoms with Gasteiger partial charge in [0.05, 0.1) is 31.1 Å². The number of aromatic nitrogens is 3. The highest BCUT2D eigenvalue weighted by Gasteiger charge is 2.26. The Morgan fingerprint density at radius 3 is 2.90 bits per heavy atom. The molecule has 0 aliphatic carbocycles. The van der Waals surface area contributed by atoms with Crippen LogP contribution >= 0.6 is 0 Å². The smallest absolute Gasteiger partial charge is 0.276 e. The fraction of sp³-hybridized carbons (Fsp3) is 0.357. The highest BCUT2D eigenvalue weighted by molar-refractivity contribution is 5.92. The van der Waals surface area contributed by atoms with Crippen LogP contribution in [0.4, 0.5) is 0 Å². The standard InChI is InChI=1S/C14H16N4O2/c1-11-10-20-8-7-17(11)14(19)13-9-18(16-15-13)12-5-3-2-4-6-12/h2-6,9,11H,7-8,10H2,1H3/t11-/m1/s1. The van der Waals surface area contributed by atoms with Gasteiger partial charge in [-0.25, -0.2) is 4.68 Å². The van der Waals surface area contributed by atoms with Crippen molar-refractivity contribution in [2.24, 2.45) is 0 Å². The molecule has 1 aliphatic rings. The van der Waals surface area contributed by atoms with Gasteiger partial charge in [-0.1, -0.05) is 23.4 Å². The van der Waals surface area contributed by atoms with Gasteiger partial charge in [0.1, 0.15) is 0 Å². The fourth-order valence-electron chi connectivity index (χ4n) is 2.24. The molecule has 6 nitrogen and oxygen atoms in total. The Hall–Kier alpha value is -2.21. The molecular weight excluding hydrogens is 256 g/mol. The number of hydrogen-bond donors (Lipinski definition) is 0. The highest BCUT2D eigenvalue weighted by atomic mass is 16.5. The van der Waals surface area contributed by atoms with Gasteiger partial charge in [0, 0.05) is 6.54 Å². The molecule has 1 aromatic carbocycles. The quantitative estimate of drug-likeness (QED) is 0.822. The normalized spacial score (nSPS) is 19.1. The van der Waals surface area contributed by atoms with Crippen LogP contribution in [0.2, 0.25) is 0 Å². The molecular formula is C14H16N4O2. The Morgan fingerprint density at radius 1 is 1.35 bits per heavy atom. The molecule has 2 heterocycles. The number of ether oxygens (including phenoxy) is 1. The van der Waals surface area contributed by atoms with Gasteiger partial charge in [-0.2, -0.15) is 0 Å². The Bertz CT molecular complexity index is 596. The molecule has 0 saturated carbocycles. The van der Waals surface area contributed by atoms with Crippen molar-refractivity contribution < 1.29 is 9.53 Å². The zero-order chi connectivity index (χ0) is 13.9. The number of morpholine rings is 1. The molecule has 0 spiro atoms. The molecule has 104 valence electrons. The van der Waals surface area contributed by atoms with Crippen LogP contribution in [0.15, 0.2) is 36.5 Å². The van der Waals surface area contributed by atoms with E-state index in [1.54, 1.807) is 15.8 Å². The summed E-state index contributed by atoms with van der Waals surface area (Å²) in [6, 6.07) is 9.67. The number of carbonyl (C=O) groups is 1. The molecule has 1 amide bonds. The predicted octanol–water partition coefficient (Wildman–Crippen LogP) is 1.13. The van der Waals surface area contributed by atoms with Crippen molar-refractivity contribution in [3.05, 3.63) is 42.2 Å². The summed E-state index contributed by atoms with van der Waals surface area (Å²) in [5, 5.41) is 8.00. The number of para-hydroxylation sites is 1. The van der Waals surface area contributed by atoms with Gasteiger partial charge >= 0.3 is 0 Å².